The molecule has 1 atom stereocenters. The summed E-state index contributed by atoms with van der Waals surface area (Å²) in [4.78, 5) is 30.6. The number of hydrogen-bond acceptors (Lipinski definition) is 5. The number of anilines is 2. The van der Waals surface area contributed by atoms with E-state index >= 15 is 0 Å². The maximum atomic E-state index is 12.5. The Morgan fingerprint density at radius 3 is 2.93 bits per heavy atom. The number of benzene rings is 1. The van der Waals surface area contributed by atoms with E-state index in [4.69, 9.17) is 16.3 Å². The summed E-state index contributed by atoms with van der Waals surface area (Å²) in [6.07, 6.45) is 3.19. The molecule has 2 heterocycles. The number of carbonyl (C=O) groups is 2. The van der Waals surface area contributed by atoms with Gasteiger partial charge in [-0.25, -0.2) is 0 Å². The van der Waals surface area contributed by atoms with Crippen molar-refractivity contribution in [1.82, 2.24) is 10.3 Å². The van der Waals surface area contributed by atoms with Gasteiger partial charge in [0, 0.05) is 12.7 Å². The number of hydrogen-bond donors (Lipinski definition) is 2. The van der Waals surface area contributed by atoms with Gasteiger partial charge in [-0.05, 0) is 24.6 Å². The first-order valence-electron chi connectivity index (χ1n) is 8.75. The highest BCUT2D eigenvalue weighted by Crippen LogP contribution is 2.33. The Labute approximate surface area is 162 Å². The van der Waals surface area contributed by atoms with Crippen LogP contribution in [-0.4, -0.2) is 42.5 Å². The van der Waals surface area contributed by atoms with Crippen LogP contribution in [0.1, 0.15) is 13.3 Å². The third kappa shape index (κ3) is 4.89. The fraction of sp³-hybridized carbons (Fsp3) is 0.316. The third-order valence-electron chi connectivity index (χ3n) is 4.03. The molecule has 7 nitrogen and oxygen atoms in total. The Bertz CT molecular complexity index is 830. The van der Waals surface area contributed by atoms with Gasteiger partial charge in [0.15, 0.2) is 6.10 Å². The topological polar surface area (TPSA) is 83.6 Å². The Morgan fingerprint density at radius 1 is 1.33 bits per heavy atom. The standard InChI is InChI=1S/C19H21ClN4O3/c1-2-7-22-19(26)17-11-24(15-5-3-4-6-16(15)27-17)12-18(25)23-14-8-13(20)9-21-10-14/h3-6,8-10,17H,2,7,11-12H2,1H3,(H,22,26)(H,23,25). The largest absolute Gasteiger partial charge is 0.477 e. The second-order valence-corrected chi connectivity index (χ2v) is 6.62. The first-order chi connectivity index (χ1) is 13.1. The third-order valence-corrected chi connectivity index (χ3v) is 4.23. The molecule has 0 spiro atoms. The zero-order valence-electron chi connectivity index (χ0n) is 14.9. The van der Waals surface area contributed by atoms with Crippen LogP contribution in [0.15, 0.2) is 42.7 Å². The molecule has 27 heavy (non-hydrogen) atoms. The summed E-state index contributed by atoms with van der Waals surface area (Å²) in [7, 11) is 0. The van der Waals surface area contributed by atoms with E-state index in [1.165, 1.54) is 12.4 Å². The van der Waals surface area contributed by atoms with Crippen LogP contribution >= 0.6 is 11.6 Å². The molecular formula is C19H21ClN4O3. The smallest absolute Gasteiger partial charge is 0.262 e. The molecule has 1 aromatic heterocycles. The summed E-state index contributed by atoms with van der Waals surface area (Å²) in [6.45, 7) is 2.93. The molecule has 2 amide bonds. The molecule has 1 aliphatic heterocycles. The molecule has 1 aromatic carbocycles. The number of nitrogens with zero attached hydrogens (tertiary/aromatic N) is 2. The molecule has 1 aliphatic rings. The van der Waals surface area contributed by atoms with Crippen molar-refractivity contribution in [3.05, 3.63) is 47.7 Å². The second-order valence-electron chi connectivity index (χ2n) is 6.19. The number of rotatable bonds is 6. The summed E-state index contributed by atoms with van der Waals surface area (Å²) in [6, 6.07) is 8.98. The van der Waals surface area contributed by atoms with Crippen LogP contribution < -0.4 is 20.3 Å². The normalized spacial score (nSPS) is 15.5. The van der Waals surface area contributed by atoms with E-state index in [2.05, 4.69) is 15.6 Å². The number of halogens is 1. The van der Waals surface area contributed by atoms with Crippen molar-refractivity contribution in [3.8, 4) is 5.75 Å². The van der Waals surface area contributed by atoms with Crippen molar-refractivity contribution < 1.29 is 14.3 Å². The predicted molar refractivity (Wildman–Crippen MR) is 104 cm³/mol. The Morgan fingerprint density at radius 2 is 2.15 bits per heavy atom. The molecule has 1 unspecified atom stereocenters. The lowest BCUT2D eigenvalue weighted by molar-refractivity contribution is -0.128. The number of carbonyl (C=O) groups excluding carboxylic acids is 2. The van der Waals surface area contributed by atoms with Gasteiger partial charge in [0.1, 0.15) is 5.75 Å². The fourth-order valence-electron chi connectivity index (χ4n) is 2.81. The van der Waals surface area contributed by atoms with Gasteiger partial charge in [-0.2, -0.15) is 0 Å². The van der Waals surface area contributed by atoms with Crippen LogP contribution in [0.3, 0.4) is 0 Å². The second kappa shape index (κ2) is 8.73. The first-order valence-corrected chi connectivity index (χ1v) is 9.13. The number of nitrogens with one attached hydrogen (secondary N) is 2. The molecule has 142 valence electrons. The average Bonchev–Trinajstić information content (AvgIpc) is 2.66. The summed E-state index contributed by atoms with van der Waals surface area (Å²) in [5.74, 6) is 0.164. The van der Waals surface area contributed by atoms with Crippen molar-refractivity contribution in [1.29, 1.82) is 0 Å². The fourth-order valence-corrected chi connectivity index (χ4v) is 2.98. The van der Waals surface area contributed by atoms with Crippen LogP contribution in [-0.2, 0) is 9.59 Å². The lowest BCUT2D eigenvalue weighted by atomic mass is 10.1. The minimum absolute atomic E-state index is 0.0739. The minimum atomic E-state index is -0.674. The molecule has 0 saturated carbocycles. The number of pyridine rings is 1. The van der Waals surface area contributed by atoms with Crippen LogP contribution in [0.2, 0.25) is 5.02 Å². The van der Waals surface area contributed by atoms with Crippen LogP contribution in [0, 0.1) is 0 Å². The van der Waals surface area contributed by atoms with Gasteiger partial charge < -0.3 is 20.3 Å². The van der Waals surface area contributed by atoms with Crippen LogP contribution in [0.5, 0.6) is 5.75 Å². The van der Waals surface area contributed by atoms with Gasteiger partial charge in [-0.1, -0.05) is 30.7 Å². The van der Waals surface area contributed by atoms with E-state index in [-0.39, 0.29) is 24.9 Å². The quantitative estimate of drug-likeness (QED) is 0.794. The Kier molecular flexibility index (Phi) is 6.13. The van der Waals surface area contributed by atoms with E-state index in [1.807, 2.05) is 30.0 Å². The minimum Gasteiger partial charge on any atom is -0.477 e. The van der Waals surface area contributed by atoms with E-state index in [1.54, 1.807) is 12.1 Å². The molecule has 2 N–H and O–H groups in total. The SMILES string of the molecule is CCCNC(=O)C1CN(CC(=O)Nc2cncc(Cl)c2)c2ccccc2O1. The number of para-hydroxylation sites is 2. The van der Waals surface area contributed by atoms with E-state index < -0.39 is 6.10 Å². The number of aromatic nitrogens is 1. The highest BCUT2D eigenvalue weighted by atomic mass is 35.5. The molecule has 0 fully saturated rings. The molecular weight excluding hydrogens is 368 g/mol. The maximum absolute atomic E-state index is 12.5. The van der Waals surface area contributed by atoms with E-state index in [0.29, 0.717) is 23.0 Å². The molecule has 0 bridgehead atoms. The van der Waals surface area contributed by atoms with Gasteiger partial charge in [-0.15, -0.1) is 0 Å². The average molecular weight is 389 g/mol. The highest BCUT2D eigenvalue weighted by molar-refractivity contribution is 6.30. The summed E-state index contributed by atoms with van der Waals surface area (Å²) >= 11 is 5.90. The first kappa shape index (κ1) is 19.0. The van der Waals surface area contributed by atoms with E-state index in [9.17, 15) is 9.59 Å². The Balaban J connectivity index is 1.72. The molecule has 3 rings (SSSR count). The van der Waals surface area contributed by atoms with Crippen molar-refractivity contribution in [2.75, 3.05) is 29.9 Å². The lowest BCUT2D eigenvalue weighted by Gasteiger charge is -2.35. The van der Waals surface area contributed by atoms with Gasteiger partial charge >= 0.3 is 0 Å². The number of amides is 2. The van der Waals surface area contributed by atoms with Crippen molar-refractivity contribution in [2.45, 2.75) is 19.4 Å². The summed E-state index contributed by atoms with van der Waals surface area (Å²) < 4.78 is 5.82. The van der Waals surface area contributed by atoms with Gasteiger partial charge in [0.25, 0.3) is 5.91 Å². The maximum Gasteiger partial charge on any atom is 0.262 e. The molecule has 0 aliphatic carbocycles. The monoisotopic (exact) mass is 388 g/mol. The van der Waals surface area contributed by atoms with E-state index in [0.717, 1.165) is 12.1 Å². The van der Waals surface area contributed by atoms with Gasteiger partial charge in [0.2, 0.25) is 5.91 Å². The van der Waals surface area contributed by atoms with Crippen molar-refractivity contribution in [3.63, 3.8) is 0 Å². The van der Waals surface area contributed by atoms with Crippen LogP contribution in [0.25, 0.3) is 0 Å². The molecule has 2 aromatic rings. The lowest BCUT2D eigenvalue weighted by Crippen LogP contribution is -2.50. The van der Waals surface area contributed by atoms with Crippen LogP contribution in [0.4, 0.5) is 11.4 Å². The summed E-state index contributed by atoms with van der Waals surface area (Å²) in [5.41, 5.74) is 1.29. The molecule has 8 heteroatoms. The van der Waals surface area contributed by atoms with Crippen molar-refractivity contribution in [2.24, 2.45) is 0 Å². The van der Waals surface area contributed by atoms with Crippen molar-refractivity contribution >= 4 is 34.8 Å². The number of ether oxygens (including phenoxy) is 1. The summed E-state index contributed by atoms with van der Waals surface area (Å²) in [5, 5.41) is 6.05. The zero-order chi connectivity index (χ0) is 19.2. The molecule has 0 radical (unpaired) electrons. The van der Waals surface area contributed by atoms with Gasteiger partial charge in [-0.3, -0.25) is 14.6 Å². The Hall–Kier alpha value is -2.80. The number of fused-ring (bicyclic) bond motifs is 1. The molecule has 0 saturated heterocycles. The predicted octanol–water partition coefficient (Wildman–Crippen LogP) is 2.47. The zero-order valence-corrected chi connectivity index (χ0v) is 15.7. The van der Waals surface area contributed by atoms with Gasteiger partial charge in [0.05, 0.1) is 35.7 Å². The highest BCUT2D eigenvalue weighted by Gasteiger charge is 2.31.